The third kappa shape index (κ3) is 4.05. The van der Waals surface area contributed by atoms with Gasteiger partial charge in [0.15, 0.2) is 11.5 Å². The van der Waals surface area contributed by atoms with Crippen LogP contribution in [0.3, 0.4) is 0 Å². The van der Waals surface area contributed by atoms with Gasteiger partial charge < -0.3 is 14.0 Å². The first-order chi connectivity index (χ1) is 14.0. The third-order valence-electron chi connectivity index (χ3n) is 4.72. The quantitative estimate of drug-likeness (QED) is 0.476. The highest BCUT2D eigenvalue weighted by atomic mass is 79.9. The molecule has 1 aromatic heterocycles. The molecule has 2 heterocycles. The van der Waals surface area contributed by atoms with Crippen LogP contribution in [0.25, 0.3) is 5.69 Å². The number of fused-ring (bicyclic) bond motifs is 1. The molecule has 1 aliphatic rings. The minimum Gasteiger partial charge on any atom is -0.485 e. The number of hydrogen-bond acceptors (Lipinski definition) is 4. The lowest BCUT2D eigenvalue weighted by atomic mass is 10.2. The molecule has 0 saturated heterocycles. The van der Waals surface area contributed by atoms with E-state index in [0.717, 1.165) is 27.1 Å². The second-order valence-electron chi connectivity index (χ2n) is 6.74. The smallest absolute Gasteiger partial charge is 0.284 e. The van der Waals surface area contributed by atoms with Crippen molar-refractivity contribution in [3.8, 4) is 17.2 Å². The number of aryl methyl sites for hydroxylation is 1. The summed E-state index contributed by atoms with van der Waals surface area (Å²) in [5.74, 6) is 0.844. The van der Waals surface area contributed by atoms with Crippen molar-refractivity contribution in [3.05, 3.63) is 76.0 Å². The first-order valence-corrected chi connectivity index (χ1v) is 9.98. The van der Waals surface area contributed by atoms with Crippen LogP contribution >= 0.6 is 15.9 Å². The topological polar surface area (TPSA) is 64.8 Å². The third-order valence-corrected chi connectivity index (χ3v) is 5.21. The van der Waals surface area contributed by atoms with Crippen LogP contribution in [0.2, 0.25) is 0 Å². The van der Waals surface area contributed by atoms with Crippen molar-refractivity contribution in [2.24, 2.45) is 5.10 Å². The van der Waals surface area contributed by atoms with Crippen LogP contribution in [0.4, 0.5) is 0 Å². The predicted octanol–water partition coefficient (Wildman–Crippen LogP) is 4.15. The number of ether oxygens (including phenoxy) is 2. The summed E-state index contributed by atoms with van der Waals surface area (Å²) in [4.78, 5) is 12.4. The van der Waals surface area contributed by atoms with E-state index in [2.05, 4.69) is 37.1 Å². The normalized spacial score (nSPS) is 15.5. The molecule has 0 aliphatic carbocycles. The van der Waals surface area contributed by atoms with Gasteiger partial charge in [0.25, 0.3) is 5.91 Å². The van der Waals surface area contributed by atoms with Gasteiger partial charge in [0.05, 0.1) is 6.21 Å². The van der Waals surface area contributed by atoms with Crippen molar-refractivity contribution < 1.29 is 14.3 Å². The fraction of sp³-hybridized carbons (Fsp3) is 0.182. The molecule has 2 aromatic carbocycles. The Balaban J connectivity index is 1.45. The highest BCUT2D eigenvalue weighted by Gasteiger charge is 2.27. The highest BCUT2D eigenvalue weighted by Crippen LogP contribution is 2.30. The molecule has 0 bridgehead atoms. The van der Waals surface area contributed by atoms with Crippen LogP contribution in [0.1, 0.15) is 17.0 Å². The van der Waals surface area contributed by atoms with E-state index in [4.69, 9.17) is 9.47 Å². The van der Waals surface area contributed by atoms with Crippen molar-refractivity contribution in [1.82, 2.24) is 9.99 Å². The molecule has 29 heavy (non-hydrogen) atoms. The van der Waals surface area contributed by atoms with Crippen molar-refractivity contribution in [3.63, 3.8) is 0 Å². The van der Waals surface area contributed by atoms with Gasteiger partial charge in [-0.25, -0.2) is 5.43 Å². The van der Waals surface area contributed by atoms with E-state index in [9.17, 15) is 4.79 Å². The molecule has 1 atom stereocenters. The Morgan fingerprint density at radius 1 is 1.17 bits per heavy atom. The summed E-state index contributed by atoms with van der Waals surface area (Å²) in [6, 6.07) is 17.4. The van der Waals surface area contributed by atoms with E-state index < -0.39 is 6.10 Å². The fourth-order valence-corrected chi connectivity index (χ4v) is 3.70. The first kappa shape index (κ1) is 19.3. The maximum absolute atomic E-state index is 12.4. The van der Waals surface area contributed by atoms with Crippen molar-refractivity contribution in [2.75, 3.05) is 6.61 Å². The summed E-state index contributed by atoms with van der Waals surface area (Å²) in [5, 5.41) is 4.12. The van der Waals surface area contributed by atoms with Crippen LogP contribution in [0.5, 0.6) is 11.5 Å². The average molecular weight is 454 g/mol. The number of hydrogen-bond donors (Lipinski definition) is 1. The zero-order chi connectivity index (χ0) is 20.4. The molecular formula is C22H20BrN3O3. The molecule has 0 spiro atoms. The van der Waals surface area contributed by atoms with Crippen LogP contribution in [-0.4, -0.2) is 29.4 Å². The lowest BCUT2D eigenvalue weighted by Crippen LogP contribution is -2.42. The Morgan fingerprint density at radius 2 is 1.97 bits per heavy atom. The number of aromatic nitrogens is 1. The second-order valence-corrected chi connectivity index (χ2v) is 7.66. The van der Waals surface area contributed by atoms with Crippen LogP contribution < -0.4 is 14.9 Å². The molecule has 0 unspecified atom stereocenters. The molecule has 4 rings (SSSR count). The molecule has 1 N–H and O–H groups in total. The zero-order valence-corrected chi connectivity index (χ0v) is 17.6. The molecule has 0 fully saturated rings. The van der Waals surface area contributed by atoms with Crippen molar-refractivity contribution in [2.45, 2.75) is 20.0 Å². The van der Waals surface area contributed by atoms with Crippen LogP contribution in [0.15, 0.2) is 64.2 Å². The molecule has 6 nitrogen and oxygen atoms in total. The molecule has 0 radical (unpaired) electrons. The van der Waals surface area contributed by atoms with E-state index in [1.54, 1.807) is 12.3 Å². The van der Waals surface area contributed by atoms with Crippen molar-refractivity contribution in [1.29, 1.82) is 0 Å². The summed E-state index contributed by atoms with van der Waals surface area (Å²) < 4.78 is 14.4. The Labute approximate surface area is 177 Å². The van der Waals surface area contributed by atoms with E-state index in [-0.39, 0.29) is 12.5 Å². The number of carbonyl (C=O) groups excluding carboxylic acids is 1. The van der Waals surface area contributed by atoms with Crippen LogP contribution in [0, 0.1) is 13.8 Å². The van der Waals surface area contributed by atoms with Gasteiger partial charge in [-0.1, -0.05) is 34.1 Å². The maximum Gasteiger partial charge on any atom is 0.284 e. The summed E-state index contributed by atoms with van der Waals surface area (Å²) in [7, 11) is 0. The van der Waals surface area contributed by atoms with E-state index in [0.29, 0.717) is 11.5 Å². The summed E-state index contributed by atoms with van der Waals surface area (Å²) in [6.45, 7) is 4.20. The van der Waals surface area contributed by atoms with Crippen LogP contribution in [-0.2, 0) is 4.79 Å². The molecule has 0 saturated carbocycles. The lowest BCUT2D eigenvalue weighted by molar-refractivity contribution is -0.130. The van der Waals surface area contributed by atoms with Gasteiger partial charge in [0.2, 0.25) is 6.10 Å². The van der Waals surface area contributed by atoms with E-state index in [1.807, 2.05) is 56.3 Å². The number of amides is 1. The summed E-state index contributed by atoms with van der Waals surface area (Å²) >= 11 is 3.51. The molecule has 148 valence electrons. The number of rotatable bonds is 4. The van der Waals surface area contributed by atoms with Gasteiger partial charge in [0, 0.05) is 27.1 Å². The van der Waals surface area contributed by atoms with Gasteiger partial charge >= 0.3 is 0 Å². The van der Waals surface area contributed by atoms with Gasteiger partial charge in [-0.3, -0.25) is 4.79 Å². The molecule has 1 amide bonds. The highest BCUT2D eigenvalue weighted by molar-refractivity contribution is 9.10. The SMILES string of the molecule is Cc1cc(/C=N\NC(=O)[C@@H]2COc3ccccc3O2)c(C)n1-c1cccc(Br)c1. The number of nitrogens with one attached hydrogen (secondary N) is 1. The number of benzene rings is 2. The van der Waals surface area contributed by atoms with Crippen molar-refractivity contribution >= 4 is 28.1 Å². The summed E-state index contributed by atoms with van der Waals surface area (Å²) in [5.41, 5.74) is 6.64. The Bertz CT molecular complexity index is 1090. The number of para-hydroxylation sites is 2. The fourth-order valence-electron chi connectivity index (χ4n) is 3.32. The Kier molecular flexibility index (Phi) is 5.40. The minimum absolute atomic E-state index is 0.149. The van der Waals surface area contributed by atoms with Gasteiger partial charge in [0.1, 0.15) is 6.61 Å². The average Bonchev–Trinajstić information content (AvgIpc) is 3.00. The first-order valence-electron chi connectivity index (χ1n) is 9.19. The Hall–Kier alpha value is -3.06. The van der Waals surface area contributed by atoms with E-state index in [1.165, 1.54) is 0 Å². The molecular weight excluding hydrogens is 434 g/mol. The summed E-state index contributed by atoms with van der Waals surface area (Å²) in [6.07, 6.45) is 0.906. The van der Waals surface area contributed by atoms with Gasteiger partial charge in [-0.05, 0) is 50.2 Å². The molecule has 3 aromatic rings. The number of carbonyl (C=O) groups is 1. The Morgan fingerprint density at radius 3 is 2.76 bits per heavy atom. The molecule has 1 aliphatic heterocycles. The second kappa shape index (κ2) is 8.13. The lowest BCUT2D eigenvalue weighted by Gasteiger charge is -2.24. The largest absolute Gasteiger partial charge is 0.485 e. The number of nitrogens with zero attached hydrogens (tertiary/aromatic N) is 2. The molecule has 7 heteroatoms. The monoisotopic (exact) mass is 453 g/mol. The van der Waals surface area contributed by atoms with Gasteiger partial charge in [-0.15, -0.1) is 0 Å². The maximum atomic E-state index is 12.4. The van der Waals surface area contributed by atoms with E-state index >= 15 is 0 Å². The van der Waals surface area contributed by atoms with Gasteiger partial charge in [-0.2, -0.15) is 5.10 Å². The number of halogens is 1. The standard InChI is InChI=1S/C22H20BrN3O3/c1-14-10-16(15(2)26(14)18-7-5-6-17(23)11-18)12-24-25-22(27)21-13-28-19-8-3-4-9-20(19)29-21/h3-12,21H,13H2,1-2H3,(H,25,27)/b24-12-/t21-/m0/s1. The zero-order valence-electron chi connectivity index (χ0n) is 16.1. The predicted molar refractivity (Wildman–Crippen MR) is 115 cm³/mol. The minimum atomic E-state index is -0.740. The number of hydrazone groups is 1.